The first-order valence-corrected chi connectivity index (χ1v) is 12.3. The molecule has 4 heterocycles. The predicted octanol–water partition coefficient (Wildman–Crippen LogP) is 1.49. The summed E-state index contributed by atoms with van der Waals surface area (Å²) in [5.74, 6) is -0.505. The first-order valence-electron chi connectivity index (χ1n) is 10.7. The zero-order valence-corrected chi connectivity index (χ0v) is 22.0. The predicted molar refractivity (Wildman–Crippen MR) is 140 cm³/mol. The van der Waals surface area contributed by atoms with Crippen LogP contribution in [0, 0.1) is 0 Å². The van der Waals surface area contributed by atoms with E-state index in [2.05, 4.69) is 30.8 Å². The first-order chi connectivity index (χ1) is 16.3. The molecule has 0 unspecified atom stereocenters. The maximum atomic E-state index is 13.0. The number of carbonyl (C=O) groups excluding carboxylic acids is 3. The van der Waals surface area contributed by atoms with Crippen LogP contribution in [0.5, 0.6) is 0 Å². The molecule has 0 bridgehead atoms. The molecule has 2 aromatic heterocycles. The number of amides is 3. The quantitative estimate of drug-likeness (QED) is 0.373. The van der Waals surface area contributed by atoms with Crippen LogP contribution in [0.4, 0.5) is 5.82 Å². The van der Waals surface area contributed by atoms with Crippen molar-refractivity contribution in [1.29, 1.82) is 0 Å². The Balaban J connectivity index is 0.00000342. The fourth-order valence-electron chi connectivity index (χ4n) is 3.90. The fraction of sp³-hybridized carbons (Fsp3) is 0.429. The van der Waals surface area contributed by atoms with Gasteiger partial charge in [0.25, 0.3) is 11.8 Å². The lowest BCUT2D eigenvalue weighted by Gasteiger charge is -2.37. The lowest BCUT2D eigenvalue weighted by molar-refractivity contribution is -0.119. The van der Waals surface area contributed by atoms with Gasteiger partial charge in [0.2, 0.25) is 6.41 Å². The minimum absolute atomic E-state index is 0. The molecule has 2 aromatic rings. The largest absolute Gasteiger partial charge is 0.367 e. The first kappa shape index (κ1) is 27.2. The van der Waals surface area contributed by atoms with Crippen LogP contribution in [0.15, 0.2) is 18.3 Å². The van der Waals surface area contributed by atoms with Gasteiger partial charge in [0.1, 0.15) is 5.82 Å². The number of thiazole rings is 1. The summed E-state index contributed by atoms with van der Waals surface area (Å²) in [4.78, 5) is 50.3. The van der Waals surface area contributed by atoms with Crippen molar-refractivity contribution >= 4 is 76.6 Å². The molecule has 2 atom stereocenters. The van der Waals surface area contributed by atoms with Gasteiger partial charge in [0.15, 0.2) is 10.00 Å². The number of pyridine rings is 1. The maximum Gasteiger partial charge on any atom is 0.284 e. The van der Waals surface area contributed by atoms with Crippen molar-refractivity contribution in [3.05, 3.63) is 38.9 Å². The number of likely N-dealkylation sites (N-methyl/N-ethyl adjacent to an activating group) is 1. The number of hydrogen-bond acceptors (Lipinski definition) is 8. The van der Waals surface area contributed by atoms with E-state index in [0.717, 1.165) is 36.5 Å². The van der Waals surface area contributed by atoms with Gasteiger partial charge in [-0.05, 0) is 25.6 Å². The molecule has 0 saturated carbocycles. The molecular weight excluding hydrogens is 533 g/mol. The summed E-state index contributed by atoms with van der Waals surface area (Å²) in [5, 5.41) is 9.49. The maximum absolute atomic E-state index is 13.0. The Hall–Kier alpha value is -2.38. The molecule has 10 nitrogen and oxygen atoms in total. The second kappa shape index (κ2) is 12.0. The molecule has 14 heteroatoms. The van der Waals surface area contributed by atoms with E-state index in [-0.39, 0.29) is 29.3 Å². The van der Waals surface area contributed by atoms with Gasteiger partial charge in [-0.3, -0.25) is 14.4 Å². The van der Waals surface area contributed by atoms with E-state index >= 15 is 0 Å². The summed E-state index contributed by atoms with van der Waals surface area (Å²) >= 11 is 12.5. The van der Waals surface area contributed by atoms with E-state index in [1.165, 1.54) is 17.5 Å². The average molecular weight is 559 g/mol. The lowest BCUT2D eigenvalue weighted by atomic mass is 9.99. The van der Waals surface area contributed by atoms with Crippen LogP contribution in [0.2, 0.25) is 5.02 Å². The van der Waals surface area contributed by atoms with Gasteiger partial charge in [0.05, 0.1) is 22.8 Å². The van der Waals surface area contributed by atoms with Gasteiger partial charge in [-0.1, -0.05) is 23.8 Å². The molecule has 0 spiro atoms. The van der Waals surface area contributed by atoms with Crippen molar-refractivity contribution in [3.63, 3.8) is 0 Å². The van der Waals surface area contributed by atoms with Gasteiger partial charge in [-0.25, -0.2) is 9.97 Å². The normalized spacial score (nSPS) is 19.7. The molecule has 0 radical (unpaired) electrons. The van der Waals surface area contributed by atoms with Crippen LogP contribution >= 0.6 is 47.6 Å². The SMILES string of the molecule is CN1CCc2nc(C(=O)N[C@@H]3CN(C=O)CC[C@@H]3NC(=S)C(=O)Nc3ccc(Cl)cn3)sc2C1.Cl. The molecule has 1 saturated heterocycles. The highest BCUT2D eigenvalue weighted by molar-refractivity contribution is 7.82. The van der Waals surface area contributed by atoms with Crippen molar-refractivity contribution in [3.8, 4) is 0 Å². The van der Waals surface area contributed by atoms with Gasteiger partial charge in [0, 0.05) is 43.7 Å². The number of piperidine rings is 1. The summed E-state index contributed by atoms with van der Waals surface area (Å²) in [6.07, 6.45) is 3.50. The third-order valence-electron chi connectivity index (χ3n) is 5.72. The molecule has 2 aliphatic rings. The third kappa shape index (κ3) is 6.85. The molecule has 3 N–H and O–H groups in total. The van der Waals surface area contributed by atoms with E-state index in [9.17, 15) is 14.4 Å². The monoisotopic (exact) mass is 557 g/mol. The number of hydrogen-bond donors (Lipinski definition) is 3. The standard InChI is InChI=1S/C21H24ClN7O3S2.ClH/c1-28-6-4-14-16(10-28)34-21(26-14)19(32)24-15-9-29(11-30)7-5-13(15)25-20(33)18(31)27-17-3-2-12(22)8-23-17;/h2-3,8,11,13,15H,4-7,9-10H2,1H3,(H,24,32)(H,25,33)(H,23,27,31);1H/t13-,15+;/m0./s1. The van der Waals surface area contributed by atoms with E-state index < -0.39 is 11.9 Å². The Morgan fingerprint density at radius 3 is 2.77 bits per heavy atom. The number of carbonyl (C=O) groups is 3. The minimum Gasteiger partial charge on any atom is -0.367 e. The topological polar surface area (TPSA) is 120 Å². The van der Waals surface area contributed by atoms with Crippen LogP contribution < -0.4 is 16.0 Å². The Morgan fingerprint density at radius 1 is 1.26 bits per heavy atom. The van der Waals surface area contributed by atoms with Crippen LogP contribution in [0.1, 0.15) is 26.8 Å². The number of anilines is 1. The minimum atomic E-state index is -0.524. The highest BCUT2D eigenvalue weighted by Crippen LogP contribution is 2.24. The van der Waals surface area contributed by atoms with E-state index in [4.69, 9.17) is 23.8 Å². The van der Waals surface area contributed by atoms with Crippen molar-refractivity contribution in [1.82, 2.24) is 30.4 Å². The van der Waals surface area contributed by atoms with E-state index in [1.54, 1.807) is 17.0 Å². The summed E-state index contributed by atoms with van der Waals surface area (Å²) in [6, 6.07) is 2.39. The van der Waals surface area contributed by atoms with Crippen LogP contribution in [0.3, 0.4) is 0 Å². The summed E-state index contributed by atoms with van der Waals surface area (Å²) in [6.45, 7) is 2.46. The number of thiocarbonyl (C=S) groups is 1. The molecular formula is C21H25Cl2N7O3S2. The number of likely N-dealkylation sites (tertiary alicyclic amines) is 1. The molecule has 0 aromatic carbocycles. The average Bonchev–Trinajstić information content (AvgIpc) is 3.25. The molecule has 2 aliphatic heterocycles. The Labute approximate surface area is 223 Å². The van der Waals surface area contributed by atoms with E-state index in [0.29, 0.717) is 35.4 Å². The Bertz CT molecular complexity index is 1100. The second-order valence-corrected chi connectivity index (χ2v) is 10.2. The third-order valence-corrected chi connectivity index (χ3v) is 7.33. The lowest BCUT2D eigenvalue weighted by Crippen LogP contribution is -2.61. The van der Waals surface area contributed by atoms with Gasteiger partial charge >= 0.3 is 0 Å². The zero-order chi connectivity index (χ0) is 24.2. The number of aromatic nitrogens is 2. The summed E-state index contributed by atoms with van der Waals surface area (Å²) in [5.41, 5.74) is 0.967. The van der Waals surface area contributed by atoms with Crippen LogP contribution in [-0.2, 0) is 22.6 Å². The molecule has 1 fully saturated rings. The molecule has 35 heavy (non-hydrogen) atoms. The number of halogens is 2. The molecule has 188 valence electrons. The summed E-state index contributed by atoms with van der Waals surface area (Å²) in [7, 11) is 2.04. The van der Waals surface area contributed by atoms with E-state index in [1.807, 2.05) is 7.05 Å². The molecule has 4 rings (SSSR count). The summed E-state index contributed by atoms with van der Waals surface area (Å²) < 4.78 is 0. The van der Waals surface area contributed by atoms with Gasteiger partial charge in [-0.2, -0.15) is 0 Å². The fourth-order valence-corrected chi connectivity index (χ4v) is 5.30. The van der Waals surface area contributed by atoms with Crippen LogP contribution in [-0.4, -0.2) is 81.7 Å². The number of nitrogens with zero attached hydrogens (tertiary/aromatic N) is 4. The highest BCUT2D eigenvalue weighted by Gasteiger charge is 2.33. The van der Waals surface area contributed by atoms with Crippen LogP contribution in [0.25, 0.3) is 0 Å². The highest BCUT2D eigenvalue weighted by atomic mass is 35.5. The smallest absolute Gasteiger partial charge is 0.284 e. The number of nitrogens with one attached hydrogen (secondary N) is 3. The number of rotatable bonds is 5. The Kier molecular flexibility index (Phi) is 9.36. The molecule has 0 aliphatic carbocycles. The van der Waals surface area contributed by atoms with Crippen molar-refractivity contribution in [2.24, 2.45) is 0 Å². The zero-order valence-electron chi connectivity index (χ0n) is 18.8. The van der Waals surface area contributed by atoms with Gasteiger partial charge in [-0.15, -0.1) is 23.7 Å². The van der Waals surface area contributed by atoms with Crippen molar-refractivity contribution in [2.45, 2.75) is 31.5 Å². The van der Waals surface area contributed by atoms with Crippen molar-refractivity contribution in [2.75, 3.05) is 32.0 Å². The Morgan fingerprint density at radius 2 is 2.06 bits per heavy atom. The second-order valence-electron chi connectivity index (χ2n) is 8.24. The molecule has 3 amide bonds. The van der Waals surface area contributed by atoms with Gasteiger partial charge < -0.3 is 25.8 Å². The number of fused-ring (bicyclic) bond motifs is 1. The van der Waals surface area contributed by atoms with Crippen molar-refractivity contribution < 1.29 is 14.4 Å².